The molecular weight excluding hydrogens is 247 g/mol. The third-order valence-corrected chi connectivity index (χ3v) is 3.31. The van der Waals surface area contributed by atoms with E-state index in [1.54, 1.807) is 13.0 Å². The van der Waals surface area contributed by atoms with Gasteiger partial charge in [0.05, 0.1) is 7.11 Å². The highest BCUT2D eigenvalue weighted by molar-refractivity contribution is 5.88. The number of methoxy groups -OCH3 is 1. The molecule has 3 nitrogen and oxygen atoms in total. The lowest BCUT2D eigenvalue weighted by molar-refractivity contribution is -0.141. The summed E-state index contributed by atoms with van der Waals surface area (Å²) in [6, 6.07) is 4.56. The van der Waals surface area contributed by atoms with Gasteiger partial charge in [-0.15, -0.1) is 0 Å². The highest BCUT2D eigenvalue weighted by Crippen LogP contribution is 2.22. The molecule has 0 amide bonds. The molecule has 1 aromatic rings. The number of benzene rings is 1. The van der Waals surface area contributed by atoms with Crippen LogP contribution in [0.15, 0.2) is 18.2 Å². The number of hydrogen-bond acceptors (Lipinski definition) is 3. The van der Waals surface area contributed by atoms with Crippen LogP contribution in [0.25, 0.3) is 0 Å². The number of ether oxygens (including phenoxy) is 2. The van der Waals surface area contributed by atoms with Crippen molar-refractivity contribution in [2.45, 2.75) is 39.2 Å². The van der Waals surface area contributed by atoms with Gasteiger partial charge in [-0.05, 0) is 38.0 Å². The smallest absolute Gasteiger partial charge is 0.168 e. The summed E-state index contributed by atoms with van der Waals surface area (Å²) in [5, 5.41) is 0. The maximum absolute atomic E-state index is 13.6. The minimum absolute atomic E-state index is 0.0404. The van der Waals surface area contributed by atoms with E-state index in [0.29, 0.717) is 18.6 Å². The number of ketones is 1. The highest BCUT2D eigenvalue weighted by Gasteiger charge is 2.31. The Hall–Kier alpha value is -1.42. The van der Waals surface area contributed by atoms with Gasteiger partial charge < -0.3 is 9.47 Å². The summed E-state index contributed by atoms with van der Waals surface area (Å²) in [5.41, 5.74) is -0.173. The molecule has 0 N–H and O–H groups in total. The van der Waals surface area contributed by atoms with Crippen LogP contribution in [0.2, 0.25) is 0 Å². The zero-order valence-corrected chi connectivity index (χ0v) is 12.0. The van der Waals surface area contributed by atoms with Gasteiger partial charge in [0.15, 0.2) is 17.3 Å². The predicted molar refractivity (Wildman–Crippen MR) is 72.0 cm³/mol. The average molecular weight is 268 g/mol. The summed E-state index contributed by atoms with van der Waals surface area (Å²) in [4.78, 5) is 12.2. The third-order valence-electron chi connectivity index (χ3n) is 3.31. The van der Waals surface area contributed by atoms with Crippen LogP contribution in [0.5, 0.6) is 5.75 Å². The Morgan fingerprint density at radius 1 is 1.37 bits per heavy atom. The molecule has 0 saturated heterocycles. The normalized spacial score (nSPS) is 13.9. The fourth-order valence-electron chi connectivity index (χ4n) is 1.89. The molecule has 0 saturated carbocycles. The van der Waals surface area contributed by atoms with Gasteiger partial charge in [0.2, 0.25) is 0 Å². The summed E-state index contributed by atoms with van der Waals surface area (Å²) >= 11 is 0. The van der Waals surface area contributed by atoms with Crippen molar-refractivity contribution in [1.29, 1.82) is 0 Å². The van der Waals surface area contributed by atoms with E-state index < -0.39 is 11.4 Å². The van der Waals surface area contributed by atoms with Crippen molar-refractivity contribution in [3.63, 3.8) is 0 Å². The van der Waals surface area contributed by atoms with Crippen LogP contribution >= 0.6 is 0 Å². The van der Waals surface area contributed by atoms with E-state index in [4.69, 9.17) is 9.47 Å². The average Bonchev–Trinajstić information content (AvgIpc) is 2.39. The first-order valence-electron chi connectivity index (χ1n) is 6.46. The molecule has 106 valence electrons. The van der Waals surface area contributed by atoms with Gasteiger partial charge in [-0.2, -0.15) is 0 Å². The Morgan fingerprint density at radius 2 is 2.05 bits per heavy atom. The summed E-state index contributed by atoms with van der Waals surface area (Å²) in [7, 11) is 1.41. The Balaban J connectivity index is 2.84. The quantitative estimate of drug-likeness (QED) is 0.762. The summed E-state index contributed by atoms with van der Waals surface area (Å²) in [6.07, 6.45) is 0.754. The number of carbonyl (C=O) groups is 1. The monoisotopic (exact) mass is 268 g/mol. The minimum Gasteiger partial charge on any atom is -0.494 e. The van der Waals surface area contributed by atoms with Gasteiger partial charge in [-0.3, -0.25) is 4.79 Å². The Morgan fingerprint density at radius 3 is 2.53 bits per heavy atom. The summed E-state index contributed by atoms with van der Waals surface area (Å²) in [5.74, 6) is -0.317. The fourth-order valence-corrected chi connectivity index (χ4v) is 1.89. The molecule has 0 heterocycles. The van der Waals surface area contributed by atoms with Crippen molar-refractivity contribution >= 4 is 5.78 Å². The van der Waals surface area contributed by atoms with Crippen molar-refractivity contribution in [2.75, 3.05) is 13.7 Å². The van der Waals surface area contributed by atoms with E-state index in [1.165, 1.54) is 19.2 Å². The lowest BCUT2D eigenvalue weighted by atomic mass is 9.92. The molecule has 0 aromatic heterocycles. The predicted octanol–water partition coefficient (Wildman–Crippen LogP) is 3.15. The second-order valence-electron chi connectivity index (χ2n) is 4.59. The van der Waals surface area contributed by atoms with Crippen LogP contribution in [0.4, 0.5) is 4.39 Å². The Kier molecular flexibility index (Phi) is 5.48. The van der Waals surface area contributed by atoms with Gasteiger partial charge in [-0.25, -0.2) is 4.39 Å². The molecule has 0 aliphatic rings. The molecule has 1 aromatic carbocycles. The summed E-state index contributed by atoms with van der Waals surface area (Å²) < 4.78 is 23.9. The van der Waals surface area contributed by atoms with E-state index in [-0.39, 0.29) is 18.0 Å². The highest BCUT2D eigenvalue weighted by atomic mass is 19.1. The van der Waals surface area contributed by atoms with Crippen molar-refractivity contribution in [2.24, 2.45) is 0 Å². The van der Waals surface area contributed by atoms with Crippen molar-refractivity contribution in [3.8, 4) is 5.75 Å². The van der Waals surface area contributed by atoms with Crippen LogP contribution in [-0.2, 0) is 16.0 Å². The molecule has 0 aliphatic carbocycles. The Labute approximate surface area is 113 Å². The SMILES string of the molecule is CCOC(C)(CC)C(=O)Cc1ccc(OC)c(F)c1. The minimum atomic E-state index is -0.800. The van der Waals surface area contributed by atoms with Gasteiger partial charge in [0.1, 0.15) is 5.60 Å². The molecule has 1 unspecified atom stereocenters. The van der Waals surface area contributed by atoms with Crippen molar-refractivity contribution < 1.29 is 18.7 Å². The maximum Gasteiger partial charge on any atom is 0.168 e. The van der Waals surface area contributed by atoms with E-state index >= 15 is 0 Å². The van der Waals surface area contributed by atoms with Crippen molar-refractivity contribution in [3.05, 3.63) is 29.6 Å². The van der Waals surface area contributed by atoms with E-state index in [2.05, 4.69) is 0 Å². The van der Waals surface area contributed by atoms with E-state index in [0.717, 1.165) is 0 Å². The molecule has 0 radical (unpaired) electrons. The molecule has 0 bridgehead atoms. The van der Waals surface area contributed by atoms with Crippen LogP contribution in [0, 0.1) is 5.82 Å². The lowest BCUT2D eigenvalue weighted by Crippen LogP contribution is -2.39. The van der Waals surface area contributed by atoms with Crippen LogP contribution in [0.3, 0.4) is 0 Å². The van der Waals surface area contributed by atoms with Gasteiger partial charge >= 0.3 is 0 Å². The van der Waals surface area contributed by atoms with Gasteiger partial charge in [-0.1, -0.05) is 13.0 Å². The number of rotatable bonds is 7. The van der Waals surface area contributed by atoms with Crippen LogP contribution in [0.1, 0.15) is 32.8 Å². The third kappa shape index (κ3) is 3.77. The first kappa shape index (κ1) is 15.6. The maximum atomic E-state index is 13.6. The molecule has 0 spiro atoms. The second kappa shape index (κ2) is 6.66. The van der Waals surface area contributed by atoms with Gasteiger partial charge in [0.25, 0.3) is 0 Å². The lowest BCUT2D eigenvalue weighted by Gasteiger charge is -2.26. The molecule has 1 atom stereocenters. The topological polar surface area (TPSA) is 35.5 Å². The number of hydrogen-bond donors (Lipinski definition) is 0. The number of Topliss-reactive ketones (excluding diaryl/α,β-unsaturated/α-hetero) is 1. The standard InChI is InChI=1S/C15H21FO3/c1-5-15(3,19-6-2)14(17)10-11-7-8-13(18-4)12(16)9-11/h7-9H,5-6,10H2,1-4H3. The van der Waals surface area contributed by atoms with E-state index in [1.807, 2.05) is 13.8 Å². The van der Waals surface area contributed by atoms with E-state index in [9.17, 15) is 9.18 Å². The van der Waals surface area contributed by atoms with Crippen LogP contribution < -0.4 is 4.74 Å². The molecule has 19 heavy (non-hydrogen) atoms. The molecule has 4 heteroatoms. The molecular formula is C15H21FO3. The first-order valence-corrected chi connectivity index (χ1v) is 6.46. The zero-order chi connectivity index (χ0) is 14.5. The van der Waals surface area contributed by atoms with Crippen molar-refractivity contribution in [1.82, 2.24) is 0 Å². The zero-order valence-electron chi connectivity index (χ0n) is 12.0. The van der Waals surface area contributed by atoms with Crippen LogP contribution in [-0.4, -0.2) is 25.1 Å². The fraction of sp³-hybridized carbons (Fsp3) is 0.533. The second-order valence-corrected chi connectivity index (χ2v) is 4.59. The molecule has 0 fully saturated rings. The Bertz CT molecular complexity index is 445. The largest absolute Gasteiger partial charge is 0.494 e. The van der Waals surface area contributed by atoms with Gasteiger partial charge in [0, 0.05) is 13.0 Å². The molecule has 0 aliphatic heterocycles. The summed E-state index contributed by atoms with van der Waals surface area (Å²) in [6.45, 7) is 6.02. The first-order chi connectivity index (χ1) is 8.96. The number of halogens is 1. The molecule has 1 rings (SSSR count). The number of carbonyl (C=O) groups excluding carboxylic acids is 1.